The van der Waals surface area contributed by atoms with Crippen LogP contribution in [0.3, 0.4) is 0 Å². The summed E-state index contributed by atoms with van der Waals surface area (Å²) in [5.74, 6) is 1.76. The quantitative estimate of drug-likeness (QED) is 0.0570. The summed E-state index contributed by atoms with van der Waals surface area (Å²) in [5.41, 5.74) is 16.4. The molecule has 1 aliphatic carbocycles. The van der Waals surface area contributed by atoms with E-state index in [1.165, 1.54) is 54.2 Å². The monoisotopic (exact) mass is 1470 g/mol. The highest BCUT2D eigenvalue weighted by Gasteiger charge is 2.46. The third-order valence-electron chi connectivity index (χ3n) is 19.7. The number of hydrogen-bond donors (Lipinski definition) is 3. The Labute approximate surface area is 631 Å². The van der Waals surface area contributed by atoms with Gasteiger partial charge in [-0.15, -0.1) is 23.5 Å². The first kappa shape index (κ1) is 77.5. The number of benzene rings is 4. The van der Waals surface area contributed by atoms with Gasteiger partial charge in [0.05, 0.1) is 49.8 Å². The number of pyridine rings is 2. The van der Waals surface area contributed by atoms with Crippen molar-refractivity contribution < 1.29 is 33.8 Å². The number of aliphatic carboxylic acids is 1. The summed E-state index contributed by atoms with van der Waals surface area (Å²) in [7, 11) is 0. The van der Waals surface area contributed by atoms with Crippen LogP contribution < -0.4 is 20.1 Å². The van der Waals surface area contributed by atoms with Gasteiger partial charge in [-0.2, -0.15) is 10.2 Å². The Bertz CT molecular complexity index is 4550. The molecule has 3 N–H and O–H groups in total. The number of amides is 3. The van der Waals surface area contributed by atoms with Crippen LogP contribution in [0.2, 0.25) is 0 Å². The number of rotatable bonds is 22. The average molecular weight is 1470 g/mol. The number of fused-ring (bicyclic) bond motifs is 2. The van der Waals surface area contributed by atoms with Crippen LogP contribution in [0.25, 0.3) is 33.9 Å². The van der Waals surface area contributed by atoms with E-state index in [0.717, 1.165) is 85.3 Å². The zero-order chi connectivity index (χ0) is 73.9. The second-order valence-corrected chi connectivity index (χ2v) is 30.9. The van der Waals surface area contributed by atoms with E-state index in [4.69, 9.17) is 19.6 Å². The van der Waals surface area contributed by atoms with Crippen LogP contribution in [0.1, 0.15) is 164 Å². The lowest BCUT2D eigenvalue weighted by Crippen LogP contribution is -2.45. The molecule has 2 saturated heterocycles. The van der Waals surface area contributed by atoms with Crippen molar-refractivity contribution in [3.05, 3.63) is 191 Å². The topological polar surface area (TPSA) is 253 Å². The molecule has 5 aliphatic heterocycles. The third kappa shape index (κ3) is 18.6. The first-order valence-electron chi connectivity index (χ1n) is 36.4. The molecule has 2 fully saturated rings. The number of carboxylic acids is 1. The van der Waals surface area contributed by atoms with Gasteiger partial charge in [-0.1, -0.05) is 80.2 Å². The van der Waals surface area contributed by atoms with E-state index in [0.29, 0.717) is 95.2 Å². The number of ether oxygens (including phenoxy) is 2. The number of aliphatic imine (C=N–C) groups is 2. The molecule has 22 nitrogen and oxygen atoms in total. The van der Waals surface area contributed by atoms with Gasteiger partial charge in [0.2, 0.25) is 29.5 Å². The molecule has 14 rings (SSSR count). The number of carbonyl (C=O) groups excluding carboxylic acids is 3. The predicted octanol–water partition coefficient (Wildman–Crippen LogP) is 14.3. The number of nitrogens with one attached hydrogen (secondary N) is 2. The summed E-state index contributed by atoms with van der Waals surface area (Å²) in [6.45, 7) is 21.1. The van der Waals surface area contributed by atoms with Crippen LogP contribution in [-0.2, 0) is 32.3 Å². The summed E-state index contributed by atoms with van der Waals surface area (Å²) < 4.78 is 13.8. The highest BCUT2D eigenvalue weighted by Crippen LogP contribution is 2.39. The van der Waals surface area contributed by atoms with E-state index in [9.17, 15) is 19.2 Å². The molecule has 0 unspecified atom stereocenters. The van der Waals surface area contributed by atoms with Crippen LogP contribution in [-0.4, -0.2) is 181 Å². The fourth-order valence-electron chi connectivity index (χ4n) is 13.8. The Morgan fingerprint density at radius 3 is 1.38 bits per heavy atom. The van der Waals surface area contributed by atoms with Gasteiger partial charge in [-0.3, -0.25) is 39.0 Å². The van der Waals surface area contributed by atoms with Crippen molar-refractivity contribution in [3.63, 3.8) is 0 Å². The van der Waals surface area contributed by atoms with Crippen LogP contribution >= 0.6 is 23.5 Å². The minimum absolute atomic E-state index is 0. The van der Waals surface area contributed by atoms with E-state index in [-0.39, 0.29) is 49.9 Å². The SMILES string of the molecule is C.CC(C)n1cnc(-c2ccc(C3=CCCCC3)cc2)n1.CS[C@@]1(C(=O)Nc2ccc3c(c2)C(c2ccc(OC(C)C)nc2)=NC3)CCN(CC(=O)N2CC=C(c3ccc(-c4ncn(C(C)C)n4)cc3)CC2)C1.CS[C@@]1(C(=O)Nc2ccc3c(c2)C(c2ccc(OC(C)C)nc2)=NC3)CCN(CC(=O)O)C1. The molecule has 0 bridgehead atoms. The van der Waals surface area contributed by atoms with E-state index in [1.54, 1.807) is 36.8 Å². The van der Waals surface area contributed by atoms with Crippen molar-refractivity contribution in [2.75, 3.05) is 75.5 Å². The lowest BCUT2D eigenvalue weighted by atomic mass is 9.93. The maximum absolute atomic E-state index is 13.9. The van der Waals surface area contributed by atoms with Gasteiger partial charge in [0.15, 0.2) is 11.6 Å². The number of anilines is 2. The zero-order valence-electron chi connectivity index (χ0n) is 61.7. The Morgan fingerprint density at radius 2 is 0.991 bits per heavy atom. The van der Waals surface area contributed by atoms with Crippen molar-refractivity contribution in [1.29, 1.82) is 0 Å². The van der Waals surface area contributed by atoms with Crippen molar-refractivity contribution in [2.24, 2.45) is 9.98 Å². The number of allylic oxidation sites excluding steroid dienone is 2. The maximum atomic E-state index is 13.9. The largest absolute Gasteiger partial charge is 0.480 e. The molecule has 24 heteroatoms. The highest BCUT2D eigenvalue weighted by molar-refractivity contribution is 8.01. The summed E-state index contributed by atoms with van der Waals surface area (Å²) >= 11 is 3.04. The first-order valence-corrected chi connectivity index (χ1v) is 38.8. The molecule has 106 heavy (non-hydrogen) atoms. The van der Waals surface area contributed by atoms with Crippen molar-refractivity contribution in [1.82, 2.24) is 54.2 Å². The second-order valence-electron chi connectivity index (χ2n) is 28.5. The lowest BCUT2D eigenvalue weighted by molar-refractivity contribution is -0.138. The number of carbonyl (C=O) groups is 4. The Hall–Kier alpha value is -9.62. The molecule has 4 aromatic heterocycles. The molecule has 556 valence electrons. The lowest BCUT2D eigenvalue weighted by Gasteiger charge is -2.29. The Morgan fingerprint density at radius 1 is 0.538 bits per heavy atom. The van der Waals surface area contributed by atoms with E-state index >= 15 is 0 Å². The van der Waals surface area contributed by atoms with Crippen LogP contribution in [0.5, 0.6) is 11.8 Å². The van der Waals surface area contributed by atoms with Gasteiger partial charge in [-0.25, -0.2) is 29.3 Å². The highest BCUT2D eigenvalue weighted by atomic mass is 32.2. The Balaban J connectivity index is 0.000000176. The summed E-state index contributed by atoms with van der Waals surface area (Å²) in [6, 6.07) is 37.1. The van der Waals surface area contributed by atoms with Gasteiger partial charge < -0.3 is 30.1 Å². The number of hydrogen-bond acceptors (Lipinski definition) is 18. The molecule has 2 atom stereocenters. The molecule has 9 heterocycles. The number of carboxylic acid groups (broad SMARTS) is 1. The fraction of sp³-hybridized carbons (Fsp3) is 0.415. The normalized spacial score (nSPS) is 18.3. The summed E-state index contributed by atoms with van der Waals surface area (Å²) in [4.78, 5) is 84.6. The molecular formula is C82H99N15O7S2. The molecule has 8 aromatic rings. The van der Waals surface area contributed by atoms with Gasteiger partial charge in [0.1, 0.15) is 22.1 Å². The van der Waals surface area contributed by atoms with Crippen LogP contribution in [0, 0.1) is 0 Å². The summed E-state index contributed by atoms with van der Waals surface area (Å²) in [5, 5.41) is 24.4. The molecule has 3 amide bonds. The van der Waals surface area contributed by atoms with E-state index in [2.05, 4.69) is 139 Å². The van der Waals surface area contributed by atoms with E-state index in [1.807, 2.05) is 120 Å². The van der Waals surface area contributed by atoms with Gasteiger partial charge in [-0.05, 0) is 183 Å². The molecule has 4 aromatic carbocycles. The van der Waals surface area contributed by atoms with Crippen LogP contribution in [0.15, 0.2) is 156 Å². The molecular weight excluding hydrogens is 1370 g/mol. The van der Waals surface area contributed by atoms with Crippen molar-refractivity contribution >= 4 is 81.2 Å². The summed E-state index contributed by atoms with van der Waals surface area (Å²) in [6.07, 6.45) is 22.8. The number of aromatic nitrogens is 8. The third-order valence-corrected chi connectivity index (χ3v) is 22.3. The number of likely N-dealkylation sites (tertiary alicyclic amines) is 2. The Kier molecular flexibility index (Phi) is 25.4. The van der Waals surface area contributed by atoms with Gasteiger partial charge >= 0.3 is 5.97 Å². The van der Waals surface area contributed by atoms with Crippen molar-refractivity contribution in [2.45, 2.75) is 155 Å². The molecule has 0 saturated carbocycles. The van der Waals surface area contributed by atoms with E-state index < -0.39 is 15.5 Å². The number of thioether (sulfide) groups is 2. The van der Waals surface area contributed by atoms with Crippen LogP contribution in [0.4, 0.5) is 11.4 Å². The molecule has 0 radical (unpaired) electrons. The predicted molar refractivity (Wildman–Crippen MR) is 425 cm³/mol. The number of nitrogens with zero attached hydrogens (tertiary/aromatic N) is 13. The standard InChI is InChI=1S/C40H46N8O3S.C24H28N4O4S.C17H21N3.CH4/c1-26(2)48-25-43-38(45-48)30-8-6-28(7-9-30)29-14-17-47(18-15-29)36(49)23-46-19-16-40(24-46,52-5)39(50)44-33-12-10-31-21-42-37(34(31)20-33)32-11-13-35(41-22-32)51-27(3)4;1-15(2)32-20-7-5-17(12-25-20)22-19-10-18(6-4-16(19)11-26-22)27-23(31)24(33-3)8-9-28(14-24)13-21(29)30;1-13(2)20-12-18-17(19-20)16-10-8-15(9-11-16)14-6-4-3-5-7-14;/h6-14,20,22,25-27H,15-19,21,23-24H2,1-5H3,(H,44,50);4-7,10,12,15H,8-9,11,13-14H2,1-3H3,(H,27,31)(H,29,30);6,8-13H,3-5,7H2,1-2H3;1H4/t40-;24-;;/m00../s1. The van der Waals surface area contributed by atoms with Gasteiger partial charge in [0, 0.05) is 121 Å². The minimum atomic E-state index is -0.879. The fourth-order valence-corrected chi connectivity index (χ4v) is 15.5. The minimum Gasteiger partial charge on any atom is -0.480 e. The maximum Gasteiger partial charge on any atom is 0.317 e. The first-order chi connectivity index (χ1) is 50.6. The average Bonchev–Trinajstić information content (AvgIpc) is 1.64. The second kappa shape index (κ2) is 34.7. The zero-order valence-corrected chi connectivity index (χ0v) is 63.3. The van der Waals surface area contributed by atoms with Crippen molar-refractivity contribution in [3.8, 4) is 34.5 Å². The molecule has 0 spiro atoms. The molecule has 6 aliphatic rings. The van der Waals surface area contributed by atoms with Gasteiger partial charge in [0.25, 0.3) is 0 Å². The smallest absolute Gasteiger partial charge is 0.317 e.